The van der Waals surface area contributed by atoms with Gasteiger partial charge in [0, 0.05) is 41.6 Å². The Balaban J connectivity index is 1.63. The normalized spacial score (nSPS) is 19.3. The monoisotopic (exact) mass is 356 g/mol. The Hall–Kier alpha value is -2.96. The molecule has 7 heteroatoms. The van der Waals surface area contributed by atoms with Crippen LogP contribution in [0.5, 0.6) is 0 Å². The summed E-state index contributed by atoms with van der Waals surface area (Å²) in [4.78, 5) is 4.03. The molecule has 1 fully saturated rings. The molecule has 1 aromatic heterocycles. The summed E-state index contributed by atoms with van der Waals surface area (Å²) in [7, 11) is 0. The summed E-state index contributed by atoms with van der Waals surface area (Å²) in [6, 6.07) is 8.02. The lowest BCUT2D eigenvalue weighted by Crippen LogP contribution is -2.30. The van der Waals surface area contributed by atoms with Crippen molar-refractivity contribution in [1.29, 1.82) is 0 Å². The van der Waals surface area contributed by atoms with E-state index in [0.29, 0.717) is 5.69 Å². The van der Waals surface area contributed by atoms with Gasteiger partial charge in [0.25, 0.3) is 0 Å². The molecule has 2 aliphatic heterocycles. The number of benzene rings is 2. The van der Waals surface area contributed by atoms with Crippen LogP contribution in [0, 0.1) is 17.5 Å². The molecule has 1 unspecified atom stereocenters. The SMILES string of the molecule is Fc1cc(N2C=C3CCCN3C2c2ccc3[nH]ncc3c2)cc(F)c1F. The average molecular weight is 356 g/mol. The Morgan fingerprint density at radius 3 is 2.69 bits per heavy atom. The van der Waals surface area contributed by atoms with Gasteiger partial charge >= 0.3 is 0 Å². The number of aromatic amines is 1. The fourth-order valence-corrected chi connectivity index (χ4v) is 3.89. The second-order valence-electron chi connectivity index (χ2n) is 6.64. The van der Waals surface area contributed by atoms with E-state index in [0.717, 1.165) is 53.7 Å². The van der Waals surface area contributed by atoms with E-state index in [1.807, 2.05) is 24.4 Å². The minimum absolute atomic E-state index is 0.226. The molecule has 2 aromatic carbocycles. The highest BCUT2D eigenvalue weighted by Gasteiger charge is 2.37. The van der Waals surface area contributed by atoms with Gasteiger partial charge in [0.15, 0.2) is 17.5 Å². The summed E-state index contributed by atoms with van der Waals surface area (Å²) in [5.41, 5.74) is 3.32. The molecule has 3 aromatic rings. The van der Waals surface area contributed by atoms with Crippen LogP contribution < -0.4 is 4.90 Å². The molecule has 0 saturated carbocycles. The minimum atomic E-state index is -1.45. The van der Waals surface area contributed by atoms with Gasteiger partial charge in [-0.3, -0.25) is 5.10 Å². The molecular formula is C19H15F3N4. The largest absolute Gasteiger partial charge is 0.349 e. The number of halogens is 3. The molecule has 2 aliphatic rings. The summed E-state index contributed by atoms with van der Waals surface area (Å²) in [6.07, 6.45) is 5.37. The number of hydrogen-bond acceptors (Lipinski definition) is 3. The summed E-state index contributed by atoms with van der Waals surface area (Å²) < 4.78 is 41.0. The lowest BCUT2D eigenvalue weighted by atomic mass is 10.1. The maximum atomic E-state index is 13.8. The second kappa shape index (κ2) is 5.52. The van der Waals surface area contributed by atoms with Crippen molar-refractivity contribution in [2.75, 3.05) is 11.4 Å². The molecule has 4 nitrogen and oxygen atoms in total. The standard InChI is InChI=1S/C19H15F3N4/c20-15-7-14(8-16(21)18(15)22)26-10-13-2-1-5-25(13)19(26)11-3-4-17-12(6-11)9-23-24-17/h3-4,6-10,19H,1-2,5H2,(H,23,24). The Morgan fingerprint density at radius 2 is 1.88 bits per heavy atom. The number of allylic oxidation sites excluding steroid dienone is 1. The molecule has 0 bridgehead atoms. The number of hydrogen-bond donors (Lipinski definition) is 1. The van der Waals surface area contributed by atoms with E-state index in [1.54, 1.807) is 11.1 Å². The van der Waals surface area contributed by atoms with E-state index in [2.05, 4.69) is 15.1 Å². The molecule has 3 heterocycles. The minimum Gasteiger partial charge on any atom is -0.349 e. The molecular weight excluding hydrogens is 341 g/mol. The van der Waals surface area contributed by atoms with Crippen LogP contribution in [0.2, 0.25) is 0 Å². The van der Waals surface area contributed by atoms with Gasteiger partial charge in [-0.2, -0.15) is 5.10 Å². The van der Waals surface area contributed by atoms with Crippen LogP contribution in [-0.4, -0.2) is 21.6 Å². The Morgan fingerprint density at radius 1 is 1.08 bits per heavy atom. The van der Waals surface area contributed by atoms with E-state index in [1.165, 1.54) is 0 Å². The van der Waals surface area contributed by atoms with Gasteiger partial charge in [-0.15, -0.1) is 0 Å². The van der Waals surface area contributed by atoms with E-state index >= 15 is 0 Å². The number of aromatic nitrogens is 2. The first-order chi connectivity index (χ1) is 12.6. The Bertz CT molecular complexity index is 1020. The van der Waals surface area contributed by atoms with Crippen LogP contribution in [-0.2, 0) is 0 Å². The highest BCUT2D eigenvalue weighted by molar-refractivity contribution is 5.79. The molecule has 0 radical (unpaired) electrons. The Labute approximate surface area is 147 Å². The summed E-state index contributed by atoms with van der Waals surface area (Å²) in [5.74, 6) is -3.82. The lowest BCUT2D eigenvalue weighted by molar-refractivity contribution is 0.319. The van der Waals surface area contributed by atoms with Crippen molar-refractivity contribution < 1.29 is 13.2 Å². The van der Waals surface area contributed by atoms with Crippen LogP contribution >= 0.6 is 0 Å². The van der Waals surface area contributed by atoms with E-state index in [-0.39, 0.29) is 6.17 Å². The van der Waals surface area contributed by atoms with Crippen molar-refractivity contribution >= 4 is 16.6 Å². The highest BCUT2D eigenvalue weighted by atomic mass is 19.2. The maximum absolute atomic E-state index is 13.8. The first kappa shape index (κ1) is 15.3. The van der Waals surface area contributed by atoms with E-state index < -0.39 is 17.5 Å². The van der Waals surface area contributed by atoms with Crippen LogP contribution in [0.15, 0.2) is 48.4 Å². The van der Waals surface area contributed by atoms with Crippen molar-refractivity contribution in [3.8, 4) is 0 Å². The third kappa shape index (κ3) is 2.20. The molecule has 1 atom stereocenters. The van der Waals surface area contributed by atoms with E-state index in [9.17, 15) is 13.2 Å². The number of nitrogens with zero attached hydrogens (tertiary/aromatic N) is 3. The van der Waals surface area contributed by atoms with Gasteiger partial charge in [-0.05, 0) is 30.5 Å². The quantitative estimate of drug-likeness (QED) is 0.690. The molecule has 132 valence electrons. The van der Waals surface area contributed by atoms with Gasteiger partial charge < -0.3 is 9.80 Å². The van der Waals surface area contributed by atoms with Crippen LogP contribution in [0.25, 0.3) is 10.9 Å². The van der Waals surface area contributed by atoms with Crippen LogP contribution in [0.1, 0.15) is 24.6 Å². The smallest absolute Gasteiger partial charge is 0.194 e. The van der Waals surface area contributed by atoms with Gasteiger partial charge in [-0.1, -0.05) is 6.07 Å². The zero-order valence-corrected chi connectivity index (χ0v) is 13.7. The zero-order valence-electron chi connectivity index (χ0n) is 13.7. The van der Waals surface area contributed by atoms with E-state index in [4.69, 9.17) is 0 Å². The number of fused-ring (bicyclic) bond motifs is 2. The fraction of sp³-hybridized carbons (Fsp3) is 0.211. The summed E-state index contributed by atoms with van der Waals surface area (Å²) in [6.45, 7) is 0.864. The number of H-pyrrole nitrogens is 1. The predicted octanol–water partition coefficient (Wildman–Crippen LogP) is 4.44. The number of nitrogens with one attached hydrogen (secondary N) is 1. The first-order valence-corrected chi connectivity index (χ1v) is 8.45. The molecule has 0 amide bonds. The van der Waals surface area contributed by atoms with Gasteiger partial charge in [0.1, 0.15) is 6.17 Å². The fourth-order valence-electron chi connectivity index (χ4n) is 3.89. The van der Waals surface area contributed by atoms with Crippen LogP contribution in [0.4, 0.5) is 18.9 Å². The Kier molecular flexibility index (Phi) is 3.25. The van der Waals surface area contributed by atoms with Gasteiger partial charge in [0.2, 0.25) is 0 Å². The zero-order chi connectivity index (χ0) is 17.8. The number of rotatable bonds is 2. The third-order valence-corrected chi connectivity index (χ3v) is 5.08. The van der Waals surface area contributed by atoms with Gasteiger partial charge in [0.05, 0.1) is 11.7 Å². The lowest BCUT2D eigenvalue weighted by Gasteiger charge is -2.32. The van der Waals surface area contributed by atoms with Crippen molar-refractivity contribution in [3.05, 3.63) is 71.4 Å². The molecule has 26 heavy (non-hydrogen) atoms. The molecule has 1 N–H and O–H groups in total. The van der Waals surface area contributed by atoms with Gasteiger partial charge in [-0.25, -0.2) is 13.2 Å². The topological polar surface area (TPSA) is 35.2 Å². The summed E-state index contributed by atoms with van der Waals surface area (Å²) >= 11 is 0. The molecule has 0 spiro atoms. The number of anilines is 1. The highest BCUT2D eigenvalue weighted by Crippen LogP contribution is 2.43. The van der Waals surface area contributed by atoms with Crippen molar-refractivity contribution in [3.63, 3.8) is 0 Å². The predicted molar refractivity (Wildman–Crippen MR) is 91.7 cm³/mol. The van der Waals surface area contributed by atoms with Crippen molar-refractivity contribution in [2.45, 2.75) is 19.0 Å². The second-order valence-corrected chi connectivity index (χ2v) is 6.64. The van der Waals surface area contributed by atoms with Crippen LogP contribution in [0.3, 0.4) is 0 Å². The van der Waals surface area contributed by atoms with Crippen molar-refractivity contribution in [1.82, 2.24) is 15.1 Å². The average Bonchev–Trinajstić information content (AvgIpc) is 3.33. The third-order valence-electron chi connectivity index (χ3n) is 5.08. The molecule has 0 aliphatic carbocycles. The van der Waals surface area contributed by atoms with Crippen molar-refractivity contribution in [2.24, 2.45) is 0 Å². The summed E-state index contributed by atoms with van der Waals surface area (Å²) in [5, 5.41) is 7.92. The first-order valence-electron chi connectivity index (χ1n) is 8.45. The maximum Gasteiger partial charge on any atom is 0.194 e. The molecule has 5 rings (SSSR count). The molecule has 1 saturated heterocycles.